The molecule has 1 saturated heterocycles. The summed E-state index contributed by atoms with van der Waals surface area (Å²) in [5.74, 6) is -1.06. The van der Waals surface area contributed by atoms with E-state index >= 15 is 0 Å². The minimum Gasteiger partial charge on any atom is -0.480 e. The van der Waals surface area contributed by atoms with Crippen LogP contribution in [-0.2, 0) is 9.59 Å². The van der Waals surface area contributed by atoms with Gasteiger partial charge in [-0.3, -0.25) is 9.59 Å². The smallest absolute Gasteiger partial charge is 0.323 e. The van der Waals surface area contributed by atoms with Crippen LogP contribution in [0.3, 0.4) is 0 Å². The average molecular weight is 254 g/mol. The van der Waals surface area contributed by atoms with E-state index in [0.717, 1.165) is 25.8 Å². The second-order valence-corrected chi connectivity index (χ2v) is 4.78. The number of carbonyl (C=O) groups excluding carboxylic acids is 1. The maximum atomic E-state index is 12.6. The Morgan fingerprint density at radius 2 is 2.28 bits per heavy atom. The molecular formula is C13H22N2O3. The fourth-order valence-electron chi connectivity index (χ4n) is 2.48. The lowest BCUT2D eigenvalue weighted by Gasteiger charge is -2.38. The van der Waals surface area contributed by atoms with Crippen molar-refractivity contribution in [2.24, 2.45) is 5.41 Å². The second kappa shape index (κ2) is 6.54. The number of carboxylic acids is 1. The molecule has 1 aliphatic rings. The fraction of sp³-hybridized carbons (Fsp3) is 0.692. The average Bonchev–Trinajstić information content (AvgIpc) is 2.37. The number of nitrogens with one attached hydrogen (secondary N) is 1. The first kappa shape index (κ1) is 14.7. The van der Waals surface area contributed by atoms with Crippen molar-refractivity contribution < 1.29 is 14.7 Å². The maximum Gasteiger partial charge on any atom is 0.323 e. The van der Waals surface area contributed by atoms with Gasteiger partial charge in [0.2, 0.25) is 5.91 Å². The minimum atomic E-state index is -0.986. The lowest BCUT2D eigenvalue weighted by molar-refractivity contribution is -0.150. The molecule has 102 valence electrons. The highest BCUT2D eigenvalue weighted by Gasteiger charge is 2.40. The lowest BCUT2D eigenvalue weighted by Crippen LogP contribution is -2.52. The van der Waals surface area contributed by atoms with Crippen LogP contribution in [-0.4, -0.2) is 48.1 Å². The first-order valence-electron chi connectivity index (χ1n) is 6.38. The van der Waals surface area contributed by atoms with E-state index < -0.39 is 11.4 Å². The van der Waals surface area contributed by atoms with Gasteiger partial charge in [-0.15, -0.1) is 6.58 Å². The molecule has 0 aromatic carbocycles. The Bertz CT molecular complexity index is 322. The van der Waals surface area contributed by atoms with E-state index in [1.807, 2.05) is 6.92 Å². The Balaban J connectivity index is 2.84. The molecule has 1 unspecified atom stereocenters. The molecule has 0 aromatic heterocycles. The van der Waals surface area contributed by atoms with Gasteiger partial charge in [0.15, 0.2) is 0 Å². The first-order valence-corrected chi connectivity index (χ1v) is 6.38. The summed E-state index contributed by atoms with van der Waals surface area (Å²) in [5, 5.41) is 12.1. The van der Waals surface area contributed by atoms with Crippen LogP contribution in [0.15, 0.2) is 12.7 Å². The quantitative estimate of drug-likeness (QED) is 0.690. The summed E-state index contributed by atoms with van der Waals surface area (Å²) in [4.78, 5) is 24.8. The number of nitrogens with zero attached hydrogens (tertiary/aromatic N) is 1. The van der Waals surface area contributed by atoms with Gasteiger partial charge in [-0.05, 0) is 25.8 Å². The summed E-state index contributed by atoms with van der Waals surface area (Å²) in [6.07, 6.45) is 4.07. The number of piperidine rings is 1. The molecule has 1 atom stereocenters. The van der Waals surface area contributed by atoms with E-state index in [1.54, 1.807) is 6.08 Å². The van der Waals surface area contributed by atoms with Crippen LogP contribution in [0.2, 0.25) is 0 Å². The Morgan fingerprint density at radius 1 is 1.56 bits per heavy atom. The van der Waals surface area contributed by atoms with Crippen LogP contribution in [0, 0.1) is 5.41 Å². The van der Waals surface area contributed by atoms with Gasteiger partial charge in [-0.1, -0.05) is 13.0 Å². The molecule has 1 aliphatic heterocycles. The summed E-state index contributed by atoms with van der Waals surface area (Å²) in [5.41, 5.74) is -0.448. The molecule has 0 saturated carbocycles. The number of hydrogen-bond donors (Lipinski definition) is 2. The molecule has 0 aromatic rings. The molecule has 1 amide bonds. The molecule has 1 rings (SSSR count). The summed E-state index contributed by atoms with van der Waals surface area (Å²) >= 11 is 0. The van der Waals surface area contributed by atoms with Gasteiger partial charge in [0.05, 0.1) is 5.41 Å². The van der Waals surface area contributed by atoms with Crippen molar-refractivity contribution in [1.29, 1.82) is 0 Å². The van der Waals surface area contributed by atoms with Gasteiger partial charge in [-0.2, -0.15) is 0 Å². The molecule has 0 aliphatic carbocycles. The van der Waals surface area contributed by atoms with E-state index in [0.29, 0.717) is 6.54 Å². The summed E-state index contributed by atoms with van der Waals surface area (Å²) in [7, 11) is 0. The zero-order chi connectivity index (χ0) is 13.6. The standard InChI is InChI=1S/C13H22N2O3/c1-3-8-15(9-11(16)17)12(18)13(4-2)6-5-7-14-10-13/h3,14H,1,4-10H2,2H3,(H,16,17). The SMILES string of the molecule is C=CCN(CC(=O)O)C(=O)C1(CC)CCCNC1. The summed E-state index contributed by atoms with van der Waals surface area (Å²) in [6, 6.07) is 0. The molecule has 5 nitrogen and oxygen atoms in total. The number of carboxylic acid groups (broad SMARTS) is 1. The predicted molar refractivity (Wildman–Crippen MR) is 69.2 cm³/mol. The monoisotopic (exact) mass is 254 g/mol. The zero-order valence-corrected chi connectivity index (χ0v) is 10.9. The van der Waals surface area contributed by atoms with E-state index in [1.165, 1.54) is 4.90 Å². The highest BCUT2D eigenvalue weighted by molar-refractivity contribution is 5.86. The van der Waals surface area contributed by atoms with Crippen LogP contribution in [0.25, 0.3) is 0 Å². The lowest BCUT2D eigenvalue weighted by atomic mass is 9.77. The molecule has 5 heteroatoms. The van der Waals surface area contributed by atoms with E-state index in [2.05, 4.69) is 11.9 Å². The van der Waals surface area contributed by atoms with E-state index in [9.17, 15) is 9.59 Å². The van der Waals surface area contributed by atoms with Gasteiger partial charge in [0, 0.05) is 13.1 Å². The maximum absolute atomic E-state index is 12.6. The van der Waals surface area contributed by atoms with E-state index in [-0.39, 0.29) is 19.0 Å². The highest BCUT2D eigenvalue weighted by Crippen LogP contribution is 2.32. The first-order chi connectivity index (χ1) is 8.55. The highest BCUT2D eigenvalue weighted by atomic mass is 16.4. The Morgan fingerprint density at radius 3 is 2.72 bits per heavy atom. The summed E-state index contributed by atoms with van der Waals surface area (Å²) in [6.45, 7) is 7.15. The van der Waals surface area contributed by atoms with Gasteiger partial charge in [0.25, 0.3) is 0 Å². The molecule has 0 bridgehead atoms. The fourth-order valence-corrected chi connectivity index (χ4v) is 2.48. The Kier molecular flexibility index (Phi) is 5.34. The molecule has 1 heterocycles. The van der Waals surface area contributed by atoms with Gasteiger partial charge < -0.3 is 15.3 Å². The third kappa shape index (κ3) is 3.32. The number of hydrogen-bond acceptors (Lipinski definition) is 3. The molecule has 0 radical (unpaired) electrons. The molecule has 18 heavy (non-hydrogen) atoms. The zero-order valence-electron chi connectivity index (χ0n) is 10.9. The van der Waals surface area contributed by atoms with Gasteiger partial charge in [-0.25, -0.2) is 0 Å². The number of rotatable bonds is 6. The number of aliphatic carboxylic acids is 1. The Hall–Kier alpha value is -1.36. The molecule has 1 fully saturated rings. The van der Waals surface area contributed by atoms with Crippen LogP contribution < -0.4 is 5.32 Å². The van der Waals surface area contributed by atoms with Crippen molar-refractivity contribution in [2.45, 2.75) is 26.2 Å². The van der Waals surface area contributed by atoms with Crippen LogP contribution in [0.1, 0.15) is 26.2 Å². The second-order valence-electron chi connectivity index (χ2n) is 4.78. The number of amides is 1. The van der Waals surface area contributed by atoms with Gasteiger partial charge in [0.1, 0.15) is 6.54 Å². The van der Waals surface area contributed by atoms with E-state index in [4.69, 9.17) is 5.11 Å². The molecular weight excluding hydrogens is 232 g/mol. The van der Waals surface area contributed by atoms with Crippen molar-refractivity contribution >= 4 is 11.9 Å². The van der Waals surface area contributed by atoms with Crippen molar-refractivity contribution in [1.82, 2.24) is 10.2 Å². The van der Waals surface area contributed by atoms with Crippen molar-refractivity contribution in [3.63, 3.8) is 0 Å². The third-order valence-electron chi connectivity index (χ3n) is 3.57. The Labute approximate surface area is 108 Å². The van der Waals surface area contributed by atoms with Gasteiger partial charge >= 0.3 is 5.97 Å². The predicted octanol–water partition coefficient (Wildman–Crippen LogP) is 0.865. The van der Waals surface area contributed by atoms with Crippen molar-refractivity contribution in [2.75, 3.05) is 26.2 Å². The summed E-state index contributed by atoms with van der Waals surface area (Å²) < 4.78 is 0. The largest absolute Gasteiger partial charge is 0.480 e. The van der Waals surface area contributed by atoms with Crippen LogP contribution in [0.4, 0.5) is 0 Å². The van der Waals surface area contributed by atoms with Crippen molar-refractivity contribution in [3.8, 4) is 0 Å². The molecule has 2 N–H and O–H groups in total. The van der Waals surface area contributed by atoms with Crippen molar-refractivity contribution in [3.05, 3.63) is 12.7 Å². The number of carbonyl (C=O) groups is 2. The minimum absolute atomic E-state index is 0.0699. The molecule has 0 spiro atoms. The third-order valence-corrected chi connectivity index (χ3v) is 3.57. The van der Waals surface area contributed by atoms with Crippen LogP contribution in [0.5, 0.6) is 0 Å². The van der Waals surface area contributed by atoms with Crippen LogP contribution >= 0.6 is 0 Å². The normalized spacial score (nSPS) is 23.4. The topological polar surface area (TPSA) is 69.6 Å².